The fourth-order valence-electron chi connectivity index (χ4n) is 5.77. The molecule has 178 valence electrons. The minimum Gasteiger partial charge on any atom is -0.481 e. The molecule has 5 rings (SSSR count). The summed E-state index contributed by atoms with van der Waals surface area (Å²) in [5.41, 5.74) is 3.62. The Morgan fingerprint density at radius 3 is 2.18 bits per heavy atom. The van der Waals surface area contributed by atoms with Gasteiger partial charge in [0.2, 0.25) is 5.91 Å². The van der Waals surface area contributed by atoms with Crippen LogP contribution in [0, 0.1) is 11.8 Å². The molecule has 0 heterocycles. The highest BCUT2D eigenvalue weighted by Crippen LogP contribution is 2.44. The van der Waals surface area contributed by atoms with Crippen LogP contribution >= 0.6 is 0 Å². The molecule has 34 heavy (non-hydrogen) atoms. The molecule has 2 saturated carbocycles. The average Bonchev–Trinajstić information content (AvgIpc) is 3.41. The van der Waals surface area contributed by atoms with E-state index in [-0.39, 0.29) is 24.3 Å². The Bertz CT molecular complexity index is 1060. The summed E-state index contributed by atoms with van der Waals surface area (Å²) in [7, 11) is 0. The van der Waals surface area contributed by atoms with Crippen LogP contribution in [0.3, 0.4) is 0 Å². The van der Waals surface area contributed by atoms with E-state index in [9.17, 15) is 19.5 Å². The van der Waals surface area contributed by atoms with Crippen molar-refractivity contribution in [2.75, 3.05) is 13.2 Å². The number of carboxylic acids is 1. The topological polar surface area (TPSA) is 105 Å². The highest BCUT2D eigenvalue weighted by molar-refractivity contribution is 5.91. The van der Waals surface area contributed by atoms with E-state index < -0.39 is 23.5 Å². The highest BCUT2D eigenvalue weighted by atomic mass is 16.5. The Kier molecular flexibility index (Phi) is 6.02. The zero-order chi connectivity index (χ0) is 23.7. The van der Waals surface area contributed by atoms with Gasteiger partial charge in [-0.15, -0.1) is 0 Å². The fourth-order valence-corrected chi connectivity index (χ4v) is 5.77. The first kappa shape index (κ1) is 22.4. The maximum atomic E-state index is 13.0. The number of fused-ring (bicyclic) bond motifs is 3. The van der Waals surface area contributed by atoms with Gasteiger partial charge in [-0.05, 0) is 60.3 Å². The van der Waals surface area contributed by atoms with E-state index in [2.05, 4.69) is 34.9 Å². The van der Waals surface area contributed by atoms with Crippen LogP contribution in [-0.4, -0.2) is 41.8 Å². The molecule has 3 aliphatic carbocycles. The predicted molar refractivity (Wildman–Crippen MR) is 126 cm³/mol. The van der Waals surface area contributed by atoms with E-state index in [0.29, 0.717) is 25.8 Å². The van der Waals surface area contributed by atoms with E-state index in [1.165, 1.54) is 0 Å². The van der Waals surface area contributed by atoms with E-state index in [1.54, 1.807) is 0 Å². The van der Waals surface area contributed by atoms with Crippen molar-refractivity contribution in [1.82, 2.24) is 10.6 Å². The maximum absolute atomic E-state index is 13.0. The third-order valence-corrected chi connectivity index (χ3v) is 7.83. The van der Waals surface area contributed by atoms with Gasteiger partial charge in [-0.25, -0.2) is 4.79 Å². The van der Waals surface area contributed by atoms with Gasteiger partial charge in [0.25, 0.3) is 0 Å². The number of carbonyl (C=O) groups excluding carboxylic acids is 2. The van der Waals surface area contributed by atoms with Crippen molar-refractivity contribution in [3.63, 3.8) is 0 Å². The first-order valence-electron chi connectivity index (χ1n) is 12.1. The normalized spacial score (nSPS) is 22.2. The fraction of sp³-hybridized carbons (Fsp3) is 0.444. The quantitative estimate of drug-likeness (QED) is 0.576. The van der Waals surface area contributed by atoms with Gasteiger partial charge in [-0.1, -0.05) is 55.0 Å². The van der Waals surface area contributed by atoms with Crippen LogP contribution in [0.25, 0.3) is 11.1 Å². The predicted octanol–water partition coefficient (Wildman–Crippen LogP) is 4.06. The number of aliphatic carboxylic acids is 1. The number of hydrogen-bond donors (Lipinski definition) is 3. The molecule has 0 unspecified atom stereocenters. The van der Waals surface area contributed by atoms with Crippen molar-refractivity contribution in [3.05, 3.63) is 59.7 Å². The SMILES string of the molecule is O=C(NC1(C(=O)NC[C@H]2CCC[C@H]2C(=O)O)CCC1)OCC1c2ccccc2-c2ccccc21. The smallest absolute Gasteiger partial charge is 0.408 e. The lowest BCUT2D eigenvalue weighted by atomic mass is 9.76. The van der Waals surface area contributed by atoms with Crippen LogP contribution in [0.15, 0.2) is 48.5 Å². The average molecular weight is 463 g/mol. The summed E-state index contributed by atoms with van der Waals surface area (Å²) in [5, 5.41) is 15.1. The number of amides is 2. The molecule has 7 nitrogen and oxygen atoms in total. The van der Waals surface area contributed by atoms with Gasteiger partial charge in [0.15, 0.2) is 0 Å². The van der Waals surface area contributed by atoms with E-state index in [0.717, 1.165) is 41.5 Å². The van der Waals surface area contributed by atoms with Gasteiger partial charge in [0, 0.05) is 12.5 Å². The lowest BCUT2D eigenvalue weighted by Crippen LogP contribution is -2.63. The number of nitrogens with one attached hydrogen (secondary N) is 2. The molecule has 3 aliphatic rings. The van der Waals surface area contributed by atoms with Gasteiger partial charge in [-0.3, -0.25) is 9.59 Å². The second-order valence-electron chi connectivity index (χ2n) is 9.73. The molecule has 0 aliphatic heterocycles. The summed E-state index contributed by atoms with van der Waals surface area (Å²) in [6.07, 6.45) is 3.66. The Hall–Kier alpha value is -3.35. The lowest BCUT2D eigenvalue weighted by Gasteiger charge is -2.40. The number of alkyl carbamates (subject to hydrolysis) is 1. The third kappa shape index (κ3) is 4.04. The number of carboxylic acid groups (broad SMARTS) is 1. The second kappa shape index (κ2) is 9.12. The summed E-state index contributed by atoms with van der Waals surface area (Å²) >= 11 is 0. The summed E-state index contributed by atoms with van der Waals surface area (Å²) in [6.45, 7) is 0.518. The number of rotatable bonds is 7. The van der Waals surface area contributed by atoms with Crippen LogP contribution < -0.4 is 10.6 Å². The molecule has 2 aromatic rings. The summed E-state index contributed by atoms with van der Waals surface area (Å²) in [5.74, 6) is -1.56. The first-order chi connectivity index (χ1) is 16.5. The monoisotopic (exact) mass is 462 g/mol. The zero-order valence-corrected chi connectivity index (χ0v) is 19.1. The van der Waals surface area contributed by atoms with Crippen LogP contribution in [-0.2, 0) is 14.3 Å². The molecule has 3 N–H and O–H groups in total. The van der Waals surface area contributed by atoms with Crippen molar-refractivity contribution in [2.45, 2.75) is 50.0 Å². The van der Waals surface area contributed by atoms with Gasteiger partial charge >= 0.3 is 12.1 Å². The molecule has 2 aromatic carbocycles. The first-order valence-corrected chi connectivity index (χ1v) is 12.1. The van der Waals surface area contributed by atoms with Crippen molar-refractivity contribution in [1.29, 1.82) is 0 Å². The number of benzene rings is 2. The van der Waals surface area contributed by atoms with E-state index in [1.807, 2.05) is 24.3 Å². The standard InChI is InChI=1S/C27H30N2O5/c30-24(31)18-12-5-7-17(18)15-28-25(32)27(13-6-14-27)29-26(33)34-16-23-21-10-3-1-8-19(21)20-9-2-4-11-22(20)23/h1-4,8-11,17-18,23H,5-7,12-16H2,(H,28,32)(H,29,33)(H,30,31)/t17-,18-/m1/s1. The molecule has 2 amide bonds. The molecule has 0 radical (unpaired) electrons. The summed E-state index contributed by atoms with van der Waals surface area (Å²) in [6, 6.07) is 16.3. The maximum Gasteiger partial charge on any atom is 0.408 e. The van der Waals surface area contributed by atoms with Crippen molar-refractivity contribution in [3.8, 4) is 11.1 Å². The van der Waals surface area contributed by atoms with Crippen LogP contribution in [0.1, 0.15) is 55.6 Å². The zero-order valence-electron chi connectivity index (χ0n) is 19.1. The van der Waals surface area contributed by atoms with E-state index >= 15 is 0 Å². The molecular formula is C27H30N2O5. The molecule has 0 bridgehead atoms. The number of hydrogen-bond acceptors (Lipinski definition) is 4. The van der Waals surface area contributed by atoms with Crippen molar-refractivity contribution < 1.29 is 24.2 Å². The molecule has 0 aromatic heterocycles. The Morgan fingerprint density at radius 1 is 0.941 bits per heavy atom. The van der Waals surface area contributed by atoms with Gasteiger partial charge < -0.3 is 20.5 Å². The highest BCUT2D eigenvalue weighted by Gasteiger charge is 2.46. The summed E-state index contributed by atoms with van der Waals surface area (Å²) in [4.78, 5) is 37.1. The molecular weight excluding hydrogens is 432 g/mol. The van der Waals surface area contributed by atoms with Gasteiger partial charge in [0.1, 0.15) is 12.1 Å². The Labute approximate surface area is 198 Å². The van der Waals surface area contributed by atoms with Gasteiger partial charge in [0.05, 0.1) is 5.92 Å². The van der Waals surface area contributed by atoms with Crippen molar-refractivity contribution >= 4 is 18.0 Å². The number of ether oxygens (including phenoxy) is 1. The van der Waals surface area contributed by atoms with Crippen LogP contribution in [0.2, 0.25) is 0 Å². The second-order valence-corrected chi connectivity index (χ2v) is 9.73. The number of carbonyl (C=O) groups is 3. The van der Waals surface area contributed by atoms with Gasteiger partial charge in [-0.2, -0.15) is 0 Å². The molecule has 2 fully saturated rings. The largest absolute Gasteiger partial charge is 0.481 e. The van der Waals surface area contributed by atoms with E-state index in [4.69, 9.17) is 4.74 Å². The van der Waals surface area contributed by atoms with Crippen LogP contribution in [0.4, 0.5) is 4.79 Å². The lowest BCUT2D eigenvalue weighted by molar-refractivity contribution is -0.143. The molecule has 0 saturated heterocycles. The van der Waals surface area contributed by atoms with Crippen molar-refractivity contribution in [2.24, 2.45) is 11.8 Å². The minimum atomic E-state index is -0.972. The van der Waals surface area contributed by atoms with Crippen LogP contribution in [0.5, 0.6) is 0 Å². The third-order valence-electron chi connectivity index (χ3n) is 7.83. The molecule has 0 spiro atoms. The Balaban J connectivity index is 1.19. The Morgan fingerprint density at radius 2 is 1.59 bits per heavy atom. The summed E-state index contributed by atoms with van der Waals surface area (Å²) < 4.78 is 5.64. The molecule has 2 atom stereocenters. The molecule has 7 heteroatoms. The minimum absolute atomic E-state index is 0.0420.